The van der Waals surface area contributed by atoms with Crippen molar-refractivity contribution in [1.29, 1.82) is 0 Å². The number of rotatable bonds is 4. The first-order valence-electron chi connectivity index (χ1n) is 13.3. The van der Waals surface area contributed by atoms with E-state index in [0.29, 0.717) is 31.9 Å². The number of hydrogen-bond acceptors (Lipinski definition) is 5. The molecular weight excluding hydrogens is 450 g/mol. The van der Waals surface area contributed by atoms with Crippen LogP contribution in [0.2, 0.25) is 0 Å². The Hall–Kier alpha value is -3.00. The molecule has 1 unspecified atom stereocenters. The predicted molar refractivity (Wildman–Crippen MR) is 139 cm³/mol. The number of aliphatic hydroxyl groups is 1. The fraction of sp³-hybridized carbons (Fsp3) is 0.448. The van der Waals surface area contributed by atoms with Crippen molar-refractivity contribution in [2.75, 3.05) is 13.1 Å². The van der Waals surface area contributed by atoms with E-state index in [0.717, 1.165) is 66.9 Å². The van der Waals surface area contributed by atoms with E-state index in [9.17, 15) is 9.90 Å². The number of carbonyl (C=O) groups excluding carboxylic acids is 1. The number of nitrogens with zero attached hydrogens (tertiary/aromatic N) is 3. The molecule has 7 nitrogen and oxygen atoms in total. The number of nitrogens with two attached hydrogens (primary N) is 1. The van der Waals surface area contributed by atoms with Crippen LogP contribution in [0.1, 0.15) is 59.5 Å². The topological polar surface area (TPSA) is 96.4 Å². The summed E-state index contributed by atoms with van der Waals surface area (Å²) in [6.45, 7) is 3.21. The van der Waals surface area contributed by atoms with Crippen LogP contribution in [0.5, 0.6) is 0 Å². The number of benzene rings is 2. The van der Waals surface area contributed by atoms with Crippen molar-refractivity contribution < 1.29 is 9.90 Å². The van der Waals surface area contributed by atoms with Crippen LogP contribution in [0.3, 0.4) is 0 Å². The minimum atomic E-state index is -0.896. The summed E-state index contributed by atoms with van der Waals surface area (Å²) in [6, 6.07) is 18.2. The number of piperidine rings is 1. The molecule has 2 aliphatic heterocycles. The van der Waals surface area contributed by atoms with Crippen molar-refractivity contribution in [3.8, 4) is 11.3 Å². The smallest absolute Gasteiger partial charge is 0.290 e. The summed E-state index contributed by atoms with van der Waals surface area (Å²) in [5.74, 6) is 0.546. The van der Waals surface area contributed by atoms with E-state index in [1.165, 1.54) is 0 Å². The van der Waals surface area contributed by atoms with E-state index in [2.05, 4.69) is 16.0 Å². The highest BCUT2D eigenvalue weighted by Gasteiger charge is 2.51. The Bertz CT molecular complexity index is 1260. The van der Waals surface area contributed by atoms with Gasteiger partial charge in [-0.3, -0.25) is 4.79 Å². The molecule has 1 amide bonds. The minimum absolute atomic E-state index is 0.00797. The average molecular weight is 486 g/mol. The Labute approximate surface area is 212 Å². The van der Waals surface area contributed by atoms with E-state index >= 15 is 0 Å². The Morgan fingerprint density at radius 3 is 2.78 bits per heavy atom. The van der Waals surface area contributed by atoms with Gasteiger partial charge in [-0.25, -0.2) is 4.98 Å². The largest absolute Gasteiger partial charge is 0.385 e. The van der Waals surface area contributed by atoms with Crippen LogP contribution >= 0.6 is 0 Å². The van der Waals surface area contributed by atoms with E-state index in [-0.39, 0.29) is 17.9 Å². The number of amides is 1. The Kier molecular flexibility index (Phi) is 6.15. The number of likely N-dealkylation sites (tertiary alicyclic amines) is 1. The molecule has 2 aromatic carbocycles. The van der Waals surface area contributed by atoms with Crippen LogP contribution in [0.15, 0.2) is 54.6 Å². The van der Waals surface area contributed by atoms with Gasteiger partial charge in [-0.2, -0.15) is 0 Å². The summed E-state index contributed by atoms with van der Waals surface area (Å²) in [4.78, 5) is 21.2. The molecule has 188 valence electrons. The maximum absolute atomic E-state index is 14.2. The number of imidazole rings is 1. The SMILES string of the molecule is NCc1cccc(-c2nc(C(=O)N3CCC(O)(c4ccccc4)[C@@H]4CCCC[C@@H]43)n3c2CNCC3)c1. The number of hydrogen-bond donors (Lipinski definition) is 3. The lowest BCUT2D eigenvalue weighted by atomic mass is 9.66. The van der Waals surface area contributed by atoms with Crippen molar-refractivity contribution in [2.24, 2.45) is 11.7 Å². The average Bonchev–Trinajstić information content (AvgIpc) is 3.33. The van der Waals surface area contributed by atoms with Crippen LogP contribution in [0.25, 0.3) is 11.3 Å². The lowest BCUT2D eigenvalue weighted by molar-refractivity contribution is -0.110. The normalized spacial score (nSPS) is 25.8. The highest BCUT2D eigenvalue weighted by molar-refractivity contribution is 5.92. The maximum Gasteiger partial charge on any atom is 0.290 e. The van der Waals surface area contributed by atoms with Gasteiger partial charge in [0.05, 0.1) is 17.0 Å². The van der Waals surface area contributed by atoms with Crippen LogP contribution in [-0.4, -0.2) is 44.6 Å². The molecule has 3 atom stereocenters. The quantitative estimate of drug-likeness (QED) is 0.526. The van der Waals surface area contributed by atoms with E-state index < -0.39 is 5.60 Å². The molecule has 6 rings (SSSR count). The van der Waals surface area contributed by atoms with Crippen LogP contribution < -0.4 is 11.1 Å². The molecule has 1 saturated carbocycles. The fourth-order valence-electron chi connectivity index (χ4n) is 6.69. The highest BCUT2D eigenvalue weighted by atomic mass is 16.3. The molecule has 0 bridgehead atoms. The Balaban J connectivity index is 1.36. The summed E-state index contributed by atoms with van der Waals surface area (Å²) < 4.78 is 2.11. The van der Waals surface area contributed by atoms with Crippen molar-refractivity contribution in [3.63, 3.8) is 0 Å². The molecule has 1 aromatic heterocycles. The Morgan fingerprint density at radius 1 is 1.11 bits per heavy atom. The summed E-state index contributed by atoms with van der Waals surface area (Å²) in [7, 11) is 0. The molecule has 0 spiro atoms. The molecular formula is C29H35N5O2. The van der Waals surface area contributed by atoms with Crippen LogP contribution in [-0.2, 0) is 25.2 Å². The second-order valence-electron chi connectivity index (χ2n) is 10.5. The molecule has 7 heteroatoms. The molecule has 2 fully saturated rings. The first-order valence-corrected chi connectivity index (χ1v) is 13.3. The van der Waals surface area contributed by atoms with Crippen molar-refractivity contribution in [2.45, 2.75) is 63.4 Å². The molecule has 36 heavy (non-hydrogen) atoms. The number of fused-ring (bicyclic) bond motifs is 2. The van der Waals surface area contributed by atoms with Gasteiger partial charge in [-0.15, -0.1) is 0 Å². The van der Waals surface area contributed by atoms with E-state index in [1.807, 2.05) is 53.4 Å². The lowest BCUT2D eigenvalue weighted by Crippen LogP contribution is -2.59. The van der Waals surface area contributed by atoms with E-state index in [4.69, 9.17) is 10.7 Å². The van der Waals surface area contributed by atoms with Gasteiger partial charge in [0, 0.05) is 50.2 Å². The summed E-state index contributed by atoms with van der Waals surface area (Å²) in [5, 5.41) is 15.4. The van der Waals surface area contributed by atoms with E-state index in [1.54, 1.807) is 0 Å². The van der Waals surface area contributed by atoms with Crippen LogP contribution in [0, 0.1) is 5.92 Å². The van der Waals surface area contributed by atoms with Crippen molar-refractivity contribution in [3.05, 3.63) is 77.2 Å². The predicted octanol–water partition coefficient (Wildman–Crippen LogP) is 3.40. The third kappa shape index (κ3) is 3.86. The molecule has 1 aliphatic carbocycles. The zero-order valence-corrected chi connectivity index (χ0v) is 20.7. The highest BCUT2D eigenvalue weighted by Crippen LogP contribution is 2.47. The molecule has 4 N–H and O–H groups in total. The number of carbonyl (C=O) groups is 1. The first-order chi connectivity index (χ1) is 17.6. The minimum Gasteiger partial charge on any atom is -0.385 e. The molecule has 3 aliphatic rings. The Morgan fingerprint density at radius 2 is 1.94 bits per heavy atom. The second-order valence-corrected chi connectivity index (χ2v) is 10.5. The van der Waals surface area contributed by atoms with Gasteiger partial charge in [0.1, 0.15) is 0 Å². The second kappa shape index (κ2) is 9.47. The van der Waals surface area contributed by atoms with Crippen LogP contribution in [0.4, 0.5) is 0 Å². The van der Waals surface area contributed by atoms with Crippen molar-refractivity contribution in [1.82, 2.24) is 19.8 Å². The fourth-order valence-corrected chi connectivity index (χ4v) is 6.69. The third-order valence-electron chi connectivity index (χ3n) is 8.52. The number of aromatic nitrogens is 2. The summed E-state index contributed by atoms with van der Waals surface area (Å²) in [5.41, 5.74) is 9.93. The molecule has 0 radical (unpaired) electrons. The first kappa shape index (κ1) is 23.4. The lowest BCUT2D eigenvalue weighted by Gasteiger charge is -2.52. The van der Waals surface area contributed by atoms with Gasteiger partial charge < -0.3 is 25.6 Å². The standard InChI is InChI=1S/C29H35N5O2/c30-18-20-7-6-8-21(17-20)26-25-19-31-14-16-33(25)27(32-26)28(35)34-15-13-29(36,22-9-2-1-3-10-22)23-11-4-5-12-24(23)34/h1-3,6-10,17,23-24,31,36H,4-5,11-16,18-19,30H2/t23-,24+,29?/m1/s1. The monoisotopic (exact) mass is 485 g/mol. The van der Waals surface area contributed by atoms with Gasteiger partial charge in [0.25, 0.3) is 5.91 Å². The van der Waals surface area contributed by atoms with Gasteiger partial charge in [-0.1, -0.05) is 61.4 Å². The molecule has 3 aromatic rings. The maximum atomic E-state index is 14.2. The van der Waals surface area contributed by atoms with Gasteiger partial charge in [-0.05, 0) is 36.5 Å². The summed E-state index contributed by atoms with van der Waals surface area (Å²) >= 11 is 0. The van der Waals surface area contributed by atoms with Crippen molar-refractivity contribution >= 4 is 5.91 Å². The van der Waals surface area contributed by atoms with Gasteiger partial charge >= 0.3 is 0 Å². The third-order valence-corrected chi connectivity index (χ3v) is 8.52. The van der Waals surface area contributed by atoms with Gasteiger partial charge in [0.2, 0.25) is 0 Å². The molecule has 3 heterocycles. The van der Waals surface area contributed by atoms with Gasteiger partial charge in [0.15, 0.2) is 5.82 Å². The zero-order valence-electron chi connectivity index (χ0n) is 20.7. The summed E-state index contributed by atoms with van der Waals surface area (Å²) in [6.07, 6.45) is 4.57. The number of nitrogens with one attached hydrogen (secondary N) is 1. The zero-order chi connectivity index (χ0) is 24.7. The molecule has 1 saturated heterocycles.